The lowest BCUT2D eigenvalue weighted by atomic mass is 9.87. The van der Waals surface area contributed by atoms with Gasteiger partial charge in [0.05, 0.1) is 31.3 Å². The zero-order valence-electron chi connectivity index (χ0n) is 10.8. The van der Waals surface area contributed by atoms with E-state index >= 15 is 0 Å². The molecule has 0 unspecified atom stereocenters. The molecule has 2 aliphatic heterocycles. The molecular formula is C14H16FNO3. The molecule has 4 nitrogen and oxygen atoms in total. The minimum Gasteiger partial charge on any atom is -0.379 e. The van der Waals surface area contributed by atoms with Crippen molar-refractivity contribution in [1.29, 1.82) is 0 Å². The fourth-order valence-electron chi connectivity index (χ4n) is 2.45. The molecule has 2 saturated heterocycles. The fourth-order valence-corrected chi connectivity index (χ4v) is 2.45. The number of hydroxylamine groups is 2. The Morgan fingerprint density at radius 2 is 2.05 bits per heavy atom. The third-order valence-corrected chi connectivity index (χ3v) is 3.72. The van der Waals surface area contributed by atoms with E-state index in [4.69, 9.17) is 9.57 Å². The summed E-state index contributed by atoms with van der Waals surface area (Å²) in [6.07, 6.45) is 0.730. The highest BCUT2D eigenvalue weighted by Crippen LogP contribution is 2.37. The van der Waals surface area contributed by atoms with E-state index in [0.717, 1.165) is 12.0 Å². The molecular weight excluding hydrogens is 249 g/mol. The van der Waals surface area contributed by atoms with Crippen LogP contribution in [-0.4, -0.2) is 30.8 Å². The standard InChI is InChI=1S/C14H16FNO3/c1-14(8-18-9-14)13(17)16-12(6-7-19-16)10-2-4-11(15)5-3-10/h2-5,12H,6-9H2,1H3/t12-/m0/s1. The zero-order chi connectivity index (χ0) is 13.5. The summed E-state index contributed by atoms with van der Waals surface area (Å²) in [6.45, 7) is 3.25. The van der Waals surface area contributed by atoms with Crippen molar-refractivity contribution in [3.63, 3.8) is 0 Å². The Hall–Kier alpha value is -1.46. The van der Waals surface area contributed by atoms with Crippen molar-refractivity contribution in [1.82, 2.24) is 5.06 Å². The van der Waals surface area contributed by atoms with Crippen LogP contribution in [0.4, 0.5) is 4.39 Å². The van der Waals surface area contributed by atoms with E-state index in [1.54, 1.807) is 12.1 Å². The summed E-state index contributed by atoms with van der Waals surface area (Å²) in [7, 11) is 0. The molecule has 1 aromatic carbocycles. The van der Waals surface area contributed by atoms with Crippen molar-refractivity contribution in [3.8, 4) is 0 Å². The van der Waals surface area contributed by atoms with E-state index in [9.17, 15) is 9.18 Å². The van der Waals surface area contributed by atoms with Gasteiger partial charge in [-0.25, -0.2) is 9.45 Å². The van der Waals surface area contributed by atoms with Gasteiger partial charge in [-0.15, -0.1) is 0 Å². The number of carbonyl (C=O) groups excluding carboxylic acids is 1. The lowest BCUT2D eigenvalue weighted by Crippen LogP contribution is -2.52. The zero-order valence-corrected chi connectivity index (χ0v) is 10.8. The van der Waals surface area contributed by atoms with Gasteiger partial charge < -0.3 is 4.74 Å². The molecule has 0 aromatic heterocycles. The van der Waals surface area contributed by atoms with Crippen molar-refractivity contribution >= 4 is 5.91 Å². The van der Waals surface area contributed by atoms with Gasteiger partial charge in [-0.1, -0.05) is 12.1 Å². The first kappa shape index (κ1) is 12.6. The number of benzene rings is 1. The third-order valence-electron chi connectivity index (χ3n) is 3.72. The van der Waals surface area contributed by atoms with Gasteiger partial charge in [0.15, 0.2) is 0 Å². The Labute approximate surface area is 111 Å². The van der Waals surface area contributed by atoms with E-state index < -0.39 is 5.41 Å². The second-order valence-electron chi connectivity index (χ2n) is 5.37. The normalized spacial score (nSPS) is 25.2. The molecule has 0 spiro atoms. The summed E-state index contributed by atoms with van der Waals surface area (Å²) in [4.78, 5) is 17.9. The summed E-state index contributed by atoms with van der Waals surface area (Å²) >= 11 is 0. The predicted octanol–water partition coefficient (Wildman–Crippen LogP) is 2.07. The van der Waals surface area contributed by atoms with Gasteiger partial charge >= 0.3 is 0 Å². The highest BCUT2D eigenvalue weighted by Gasteiger charge is 2.47. The predicted molar refractivity (Wildman–Crippen MR) is 65.5 cm³/mol. The smallest absolute Gasteiger partial charge is 0.257 e. The van der Waals surface area contributed by atoms with Crippen LogP contribution in [0.1, 0.15) is 24.9 Å². The number of hydrogen-bond acceptors (Lipinski definition) is 3. The van der Waals surface area contributed by atoms with Crippen molar-refractivity contribution in [3.05, 3.63) is 35.6 Å². The lowest BCUT2D eigenvalue weighted by molar-refractivity contribution is -0.209. The molecule has 0 N–H and O–H groups in total. The van der Waals surface area contributed by atoms with Crippen LogP contribution >= 0.6 is 0 Å². The molecule has 3 rings (SSSR count). The summed E-state index contributed by atoms with van der Waals surface area (Å²) in [5, 5.41) is 1.44. The van der Waals surface area contributed by atoms with Crippen LogP contribution in [0.25, 0.3) is 0 Å². The Kier molecular flexibility index (Phi) is 3.03. The average Bonchev–Trinajstić information content (AvgIpc) is 2.85. The van der Waals surface area contributed by atoms with Crippen molar-refractivity contribution in [2.24, 2.45) is 5.41 Å². The summed E-state index contributed by atoms with van der Waals surface area (Å²) in [5.41, 5.74) is 0.416. The van der Waals surface area contributed by atoms with Gasteiger partial charge in [0.25, 0.3) is 5.91 Å². The molecule has 0 aliphatic carbocycles. The van der Waals surface area contributed by atoms with Crippen LogP contribution in [0.5, 0.6) is 0 Å². The molecule has 2 fully saturated rings. The quantitative estimate of drug-likeness (QED) is 0.821. The van der Waals surface area contributed by atoms with Crippen LogP contribution in [-0.2, 0) is 14.4 Å². The molecule has 0 saturated carbocycles. The second-order valence-corrected chi connectivity index (χ2v) is 5.37. The molecule has 1 aromatic rings. The highest BCUT2D eigenvalue weighted by atomic mass is 19.1. The molecule has 0 radical (unpaired) electrons. The molecule has 5 heteroatoms. The minimum absolute atomic E-state index is 0.0504. The molecule has 102 valence electrons. The number of hydrogen-bond donors (Lipinski definition) is 0. The minimum atomic E-state index is -0.484. The SMILES string of the molecule is CC1(C(=O)N2OCC[C@H]2c2ccc(F)cc2)COC1. The lowest BCUT2D eigenvalue weighted by Gasteiger charge is -2.39. The van der Waals surface area contributed by atoms with E-state index in [-0.39, 0.29) is 17.8 Å². The number of amides is 1. The Morgan fingerprint density at radius 1 is 1.37 bits per heavy atom. The van der Waals surface area contributed by atoms with E-state index in [0.29, 0.717) is 19.8 Å². The van der Waals surface area contributed by atoms with E-state index in [1.165, 1.54) is 17.2 Å². The van der Waals surface area contributed by atoms with Gasteiger partial charge in [0, 0.05) is 6.42 Å². The van der Waals surface area contributed by atoms with Crippen LogP contribution in [0, 0.1) is 11.2 Å². The van der Waals surface area contributed by atoms with Gasteiger partial charge in [-0.3, -0.25) is 9.63 Å². The first-order valence-electron chi connectivity index (χ1n) is 6.40. The molecule has 2 heterocycles. The number of carbonyl (C=O) groups is 1. The van der Waals surface area contributed by atoms with Crippen molar-refractivity contribution in [2.45, 2.75) is 19.4 Å². The van der Waals surface area contributed by atoms with E-state index in [2.05, 4.69) is 0 Å². The van der Waals surface area contributed by atoms with E-state index in [1.807, 2.05) is 6.92 Å². The Bertz CT molecular complexity index is 484. The topological polar surface area (TPSA) is 38.8 Å². The van der Waals surface area contributed by atoms with Crippen LogP contribution < -0.4 is 0 Å². The molecule has 19 heavy (non-hydrogen) atoms. The maximum atomic E-state index is 13.0. The number of rotatable bonds is 2. The average molecular weight is 265 g/mol. The molecule has 0 bridgehead atoms. The fraction of sp³-hybridized carbons (Fsp3) is 0.500. The summed E-state index contributed by atoms with van der Waals surface area (Å²) in [5.74, 6) is -0.328. The Balaban J connectivity index is 1.81. The first-order chi connectivity index (χ1) is 9.10. The monoisotopic (exact) mass is 265 g/mol. The maximum Gasteiger partial charge on any atom is 0.257 e. The first-order valence-corrected chi connectivity index (χ1v) is 6.40. The van der Waals surface area contributed by atoms with Crippen LogP contribution in [0.15, 0.2) is 24.3 Å². The number of halogens is 1. The van der Waals surface area contributed by atoms with Crippen LogP contribution in [0.3, 0.4) is 0 Å². The second kappa shape index (κ2) is 4.58. The van der Waals surface area contributed by atoms with Crippen LogP contribution in [0.2, 0.25) is 0 Å². The largest absolute Gasteiger partial charge is 0.379 e. The number of nitrogens with zero attached hydrogens (tertiary/aromatic N) is 1. The molecule has 1 amide bonds. The highest BCUT2D eigenvalue weighted by molar-refractivity contribution is 5.83. The van der Waals surface area contributed by atoms with Gasteiger partial charge in [0.1, 0.15) is 5.82 Å². The van der Waals surface area contributed by atoms with Gasteiger partial charge in [0.2, 0.25) is 0 Å². The third kappa shape index (κ3) is 2.13. The summed E-state index contributed by atoms with van der Waals surface area (Å²) in [6, 6.07) is 6.09. The van der Waals surface area contributed by atoms with Gasteiger partial charge in [-0.2, -0.15) is 0 Å². The Morgan fingerprint density at radius 3 is 2.63 bits per heavy atom. The van der Waals surface area contributed by atoms with Crippen molar-refractivity contribution < 1.29 is 18.8 Å². The molecule has 1 atom stereocenters. The van der Waals surface area contributed by atoms with Crippen molar-refractivity contribution in [2.75, 3.05) is 19.8 Å². The molecule has 2 aliphatic rings. The number of ether oxygens (including phenoxy) is 1. The summed E-state index contributed by atoms with van der Waals surface area (Å²) < 4.78 is 18.1. The maximum absolute atomic E-state index is 13.0. The van der Waals surface area contributed by atoms with Gasteiger partial charge in [-0.05, 0) is 24.6 Å².